The van der Waals surface area contributed by atoms with Crippen LogP contribution in [0.1, 0.15) is 11.1 Å². The quantitative estimate of drug-likeness (QED) is 0.808. The van der Waals surface area contributed by atoms with Crippen LogP contribution < -0.4 is 0 Å². The lowest BCUT2D eigenvalue weighted by Crippen LogP contribution is -1.87. The van der Waals surface area contributed by atoms with Gasteiger partial charge in [0.15, 0.2) is 0 Å². The minimum atomic E-state index is -0.935. The molecule has 0 aliphatic heterocycles. The zero-order valence-corrected chi connectivity index (χ0v) is 8.71. The standard InChI is InChI=1S/C10H9BrO2/c1-7-3-2-4-9(11)8(7)5-6-10(12)13/h2-6H,1H3,(H,12,13)/b6-5+. The van der Waals surface area contributed by atoms with Crippen molar-refractivity contribution in [3.8, 4) is 0 Å². The summed E-state index contributed by atoms with van der Waals surface area (Å²) in [7, 11) is 0. The Morgan fingerprint density at radius 3 is 2.77 bits per heavy atom. The van der Waals surface area contributed by atoms with Crippen LogP contribution in [0.4, 0.5) is 0 Å². The van der Waals surface area contributed by atoms with E-state index in [1.54, 1.807) is 6.08 Å². The number of rotatable bonds is 2. The average molecular weight is 241 g/mol. The van der Waals surface area contributed by atoms with Crippen LogP contribution in [0.5, 0.6) is 0 Å². The van der Waals surface area contributed by atoms with Crippen LogP contribution in [0.3, 0.4) is 0 Å². The second kappa shape index (κ2) is 4.23. The number of carboxylic acids is 1. The van der Waals surface area contributed by atoms with Crippen molar-refractivity contribution in [3.63, 3.8) is 0 Å². The summed E-state index contributed by atoms with van der Waals surface area (Å²) in [6.07, 6.45) is 2.72. The number of aliphatic carboxylic acids is 1. The number of benzene rings is 1. The Hall–Kier alpha value is -1.09. The molecule has 1 aromatic carbocycles. The lowest BCUT2D eigenvalue weighted by molar-refractivity contribution is -0.131. The van der Waals surface area contributed by atoms with E-state index in [1.807, 2.05) is 25.1 Å². The van der Waals surface area contributed by atoms with Gasteiger partial charge >= 0.3 is 5.97 Å². The van der Waals surface area contributed by atoms with Crippen LogP contribution in [0.15, 0.2) is 28.7 Å². The summed E-state index contributed by atoms with van der Waals surface area (Å²) in [4.78, 5) is 10.3. The minimum absolute atomic E-state index is 0.907. The fraction of sp³-hybridized carbons (Fsp3) is 0.100. The van der Waals surface area contributed by atoms with Crippen molar-refractivity contribution in [2.24, 2.45) is 0 Å². The van der Waals surface area contributed by atoms with Crippen LogP contribution in [0, 0.1) is 6.92 Å². The zero-order valence-electron chi connectivity index (χ0n) is 7.12. The van der Waals surface area contributed by atoms with E-state index in [0.29, 0.717) is 0 Å². The maximum atomic E-state index is 10.3. The van der Waals surface area contributed by atoms with Gasteiger partial charge in [-0.2, -0.15) is 0 Å². The third kappa shape index (κ3) is 2.70. The molecule has 0 aliphatic rings. The minimum Gasteiger partial charge on any atom is -0.478 e. The van der Waals surface area contributed by atoms with Gasteiger partial charge in [-0.25, -0.2) is 4.79 Å². The summed E-state index contributed by atoms with van der Waals surface area (Å²) < 4.78 is 0.907. The average Bonchev–Trinajstić information content (AvgIpc) is 2.03. The molecule has 0 atom stereocenters. The molecule has 13 heavy (non-hydrogen) atoms. The first-order valence-electron chi connectivity index (χ1n) is 3.77. The van der Waals surface area contributed by atoms with Crippen molar-refractivity contribution in [2.75, 3.05) is 0 Å². The van der Waals surface area contributed by atoms with Gasteiger partial charge in [0.25, 0.3) is 0 Å². The van der Waals surface area contributed by atoms with Gasteiger partial charge in [-0.05, 0) is 30.2 Å². The predicted molar refractivity (Wildman–Crippen MR) is 55.5 cm³/mol. The Kier molecular flexibility index (Phi) is 3.25. The van der Waals surface area contributed by atoms with E-state index in [0.717, 1.165) is 21.7 Å². The molecule has 0 aromatic heterocycles. The molecule has 0 aliphatic carbocycles. The van der Waals surface area contributed by atoms with Gasteiger partial charge in [-0.15, -0.1) is 0 Å². The van der Waals surface area contributed by atoms with E-state index in [1.165, 1.54) is 0 Å². The number of carbonyl (C=O) groups is 1. The molecule has 2 nitrogen and oxygen atoms in total. The van der Waals surface area contributed by atoms with E-state index in [9.17, 15) is 4.79 Å². The lowest BCUT2D eigenvalue weighted by atomic mass is 10.1. The molecular weight excluding hydrogens is 232 g/mol. The number of halogens is 1. The van der Waals surface area contributed by atoms with Crippen molar-refractivity contribution < 1.29 is 9.90 Å². The molecule has 1 rings (SSSR count). The topological polar surface area (TPSA) is 37.3 Å². The molecule has 68 valence electrons. The highest BCUT2D eigenvalue weighted by atomic mass is 79.9. The summed E-state index contributed by atoms with van der Waals surface area (Å²) >= 11 is 3.35. The van der Waals surface area contributed by atoms with Crippen LogP contribution in [-0.4, -0.2) is 11.1 Å². The molecule has 0 saturated heterocycles. The summed E-state index contributed by atoms with van der Waals surface area (Å²) in [5, 5.41) is 8.45. The highest BCUT2D eigenvalue weighted by Gasteiger charge is 1.99. The molecule has 0 fully saturated rings. The van der Waals surface area contributed by atoms with Crippen molar-refractivity contribution >= 4 is 28.0 Å². The Balaban J connectivity index is 3.06. The number of hydrogen-bond acceptors (Lipinski definition) is 1. The molecule has 0 amide bonds. The smallest absolute Gasteiger partial charge is 0.328 e. The zero-order chi connectivity index (χ0) is 9.84. The Morgan fingerprint density at radius 2 is 2.23 bits per heavy atom. The lowest BCUT2D eigenvalue weighted by Gasteiger charge is -2.01. The number of aryl methyl sites for hydroxylation is 1. The van der Waals surface area contributed by atoms with E-state index in [2.05, 4.69) is 15.9 Å². The van der Waals surface area contributed by atoms with Crippen LogP contribution in [-0.2, 0) is 4.79 Å². The largest absolute Gasteiger partial charge is 0.478 e. The van der Waals surface area contributed by atoms with Gasteiger partial charge in [0.05, 0.1) is 0 Å². The van der Waals surface area contributed by atoms with Gasteiger partial charge in [-0.3, -0.25) is 0 Å². The van der Waals surface area contributed by atoms with Gasteiger partial charge in [0.2, 0.25) is 0 Å². The van der Waals surface area contributed by atoms with Crippen molar-refractivity contribution in [1.82, 2.24) is 0 Å². The number of hydrogen-bond donors (Lipinski definition) is 1. The summed E-state index contributed by atoms with van der Waals surface area (Å²) in [6.45, 7) is 1.94. The van der Waals surface area contributed by atoms with Crippen LogP contribution >= 0.6 is 15.9 Å². The summed E-state index contributed by atoms with van der Waals surface area (Å²) in [5.74, 6) is -0.935. The SMILES string of the molecule is Cc1cccc(Br)c1/C=C/C(=O)O. The van der Waals surface area contributed by atoms with Crippen molar-refractivity contribution in [1.29, 1.82) is 0 Å². The molecule has 0 radical (unpaired) electrons. The van der Waals surface area contributed by atoms with Gasteiger partial charge < -0.3 is 5.11 Å². The third-order valence-corrected chi connectivity index (χ3v) is 2.35. The van der Waals surface area contributed by atoms with E-state index < -0.39 is 5.97 Å². The first kappa shape index (κ1) is 9.99. The molecule has 0 bridgehead atoms. The highest BCUT2D eigenvalue weighted by Crippen LogP contribution is 2.21. The van der Waals surface area contributed by atoms with E-state index >= 15 is 0 Å². The fourth-order valence-electron chi connectivity index (χ4n) is 1.01. The van der Waals surface area contributed by atoms with Crippen LogP contribution in [0.2, 0.25) is 0 Å². The number of carboxylic acid groups (broad SMARTS) is 1. The molecule has 0 heterocycles. The Bertz CT molecular complexity index is 336. The molecule has 1 N–H and O–H groups in total. The Labute approximate surface area is 85.0 Å². The second-order valence-electron chi connectivity index (χ2n) is 2.64. The third-order valence-electron chi connectivity index (χ3n) is 1.66. The second-order valence-corrected chi connectivity index (χ2v) is 3.50. The van der Waals surface area contributed by atoms with Crippen LogP contribution in [0.25, 0.3) is 6.08 Å². The molecule has 0 saturated carbocycles. The maximum absolute atomic E-state index is 10.3. The summed E-state index contributed by atoms with van der Waals surface area (Å²) in [6, 6.07) is 5.73. The molecule has 0 unspecified atom stereocenters. The van der Waals surface area contributed by atoms with Gasteiger partial charge in [0.1, 0.15) is 0 Å². The molecule has 1 aromatic rings. The predicted octanol–water partition coefficient (Wildman–Crippen LogP) is 2.86. The first-order valence-corrected chi connectivity index (χ1v) is 4.56. The molecular formula is C10H9BrO2. The Morgan fingerprint density at radius 1 is 1.54 bits per heavy atom. The molecule has 0 spiro atoms. The van der Waals surface area contributed by atoms with Gasteiger partial charge in [-0.1, -0.05) is 28.1 Å². The summed E-state index contributed by atoms with van der Waals surface area (Å²) in [5.41, 5.74) is 1.96. The van der Waals surface area contributed by atoms with E-state index in [4.69, 9.17) is 5.11 Å². The molecule has 3 heteroatoms. The fourth-order valence-corrected chi connectivity index (χ4v) is 1.61. The van der Waals surface area contributed by atoms with E-state index in [-0.39, 0.29) is 0 Å². The maximum Gasteiger partial charge on any atom is 0.328 e. The normalized spacial score (nSPS) is 10.6. The highest BCUT2D eigenvalue weighted by molar-refractivity contribution is 9.10. The van der Waals surface area contributed by atoms with Gasteiger partial charge in [0, 0.05) is 10.5 Å². The monoisotopic (exact) mass is 240 g/mol. The first-order chi connectivity index (χ1) is 6.11. The van der Waals surface area contributed by atoms with Crippen molar-refractivity contribution in [2.45, 2.75) is 6.92 Å². The van der Waals surface area contributed by atoms with Crippen molar-refractivity contribution in [3.05, 3.63) is 39.9 Å².